The summed E-state index contributed by atoms with van der Waals surface area (Å²) in [5, 5.41) is 2.20. The Morgan fingerprint density at radius 1 is 1.06 bits per heavy atom. The van der Waals surface area contributed by atoms with Crippen molar-refractivity contribution < 1.29 is 28.2 Å². The Hall–Kier alpha value is -3.98. The van der Waals surface area contributed by atoms with Crippen molar-refractivity contribution in [3.05, 3.63) is 93.2 Å². The van der Waals surface area contributed by atoms with E-state index in [9.17, 15) is 18.8 Å². The summed E-state index contributed by atoms with van der Waals surface area (Å²) < 4.78 is 25.6. The van der Waals surface area contributed by atoms with Crippen LogP contribution in [0.25, 0.3) is 6.08 Å². The van der Waals surface area contributed by atoms with Crippen LogP contribution in [0.5, 0.6) is 11.5 Å². The first-order chi connectivity index (χ1) is 16.8. The van der Waals surface area contributed by atoms with E-state index in [0.717, 1.165) is 10.5 Å². The first-order valence-electron chi connectivity index (χ1n) is 10.5. The number of rotatable bonds is 6. The minimum absolute atomic E-state index is 0.0312. The molecule has 3 aromatic carbocycles. The number of hydrogen-bond donors (Lipinski definition) is 1. The second-order valence-electron chi connectivity index (χ2n) is 7.71. The maximum absolute atomic E-state index is 13.9. The molecule has 1 aliphatic rings. The second-order valence-corrected chi connectivity index (χ2v) is 8.56. The molecule has 1 heterocycles. The Balaban J connectivity index is 1.64. The molecule has 0 aliphatic carbocycles. The number of hydrogen-bond acceptors (Lipinski definition) is 5. The molecule has 0 atom stereocenters. The summed E-state index contributed by atoms with van der Waals surface area (Å²) in [7, 11) is 1.44. The molecule has 9 heteroatoms. The van der Waals surface area contributed by atoms with Gasteiger partial charge in [0.15, 0.2) is 11.5 Å². The lowest BCUT2D eigenvalue weighted by Gasteiger charge is -2.26. The predicted molar refractivity (Wildman–Crippen MR) is 132 cm³/mol. The Kier molecular flexibility index (Phi) is 6.97. The normalized spacial score (nSPS) is 14.8. The standard InChI is InChI=1S/C26H20BrFN2O5/c1-15-7-9-18(10-8-15)30-25(32)19(24(31)29-26(30)33)11-16-12-20(27)23(22(13-16)34-2)35-14-17-5-3-4-6-21(17)28/h3-13H,14H2,1-2H3,(H,29,31,33)/b19-11+. The molecule has 0 radical (unpaired) electrons. The van der Waals surface area contributed by atoms with E-state index in [0.29, 0.717) is 32.8 Å². The number of nitrogens with zero attached hydrogens (tertiary/aromatic N) is 1. The van der Waals surface area contributed by atoms with Gasteiger partial charge in [0, 0.05) is 5.56 Å². The van der Waals surface area contributed by atoms with Crippen LogP contribution in [-0.2, 0) is 16.2 Å². The minimum Gasteiger partial charge on any atom is -0.493 e. The van der Waals surface area contributed by atoms with Gasteiger partial charge in [-0.15, -0.1) is 0 Å². The Labute approximate surface area is 209 Å². The summed E-state index contributed by atoms with van der Waals surface area (Å²) in [4.78, 5) is 38.9. The number of halogens is 2. The number of carbonyl (C=O) groups is 3. The van der Waals surface area contributed by atoms with E-state index in [1.165, 1.54) is 19.3 Å². The Bertz CT molecular complexity index is 1350. The molecule has 0 saturated carbocycles. The molecule has 1 aliphatic heterocycles. The fourth-order valence-electron chi connectivity index (χ4n) is 3.48. The van der Waals surface area contributed by atoms with Crippen molar-refractivity contribution in [3.8, 4) is 11.5 Å². The molecule has 1 saturated heterocycles. The fourth-order valence-corrected chi connectivity index (χ4v) is 4.06. The number of aryl methyl sites for hydroxylation is 1. The largest absolute Gasteiger partial charge is 0.493 e. The summed E-state index contributed by atoms with van der Waals surface area (Å²) in [6.07, 6.45) is 1.36. The van der Waals surface area contributed by atoms with Crippen molar-refractivity contribution in [2.24, 2.45) is 0 Å². The number of ether oxygens (including phenoxy) is 2. The average Bonchev–Trinajstić information content (AvgIpc) is 2.83. The molecule has 0 unspecified atom stereocenters. The van der Waals surface area contributed by atoms with Crippen LogP contribution < -0.4 is 19.7 Å². The van der Waals surface area contributed by atoms with Crippen LogP contribution in [0.4, 0.5) is 14.9 Å². The molecule has 3 aromatic rings. The molecule has 0 bridgehead atoms. The summed E-state index contributed by atoms with van der Waals surface area (Å²) in [6, 6.07) is 15.4. The summed E-state index contributed by atoms with van der Waals surface area (Å²) >= 11 is 3.41. The predicted octanol–water partition coefficient (Wildman–Crippen LogP) is 5.15. The molecule has 7 nitrogen and oxygen atoms in total. The molecule has 0 spiro atoms. The number of anilines is 1. The Morgan fingerprint density at radius 2 is 1.77 bits per heavy atom. The van der Waals surface area contributed by atoms with E-state index in [2.05, 4.69) is 21.2 Å². The lowest BCUT2D eigenvalue weighted by atomic mass is 10.1. The number of carbonyl (C=O) groups excluding carboxylic acids is 3. The molecule has 0 aromatic heterocycles. The van der Waals surface area contributed by atoms with Crippen molar-refractivity contribution in [1.82, 2.24) is 5.32 Å². The zero-order valence-corrected chi connectivity index (χ0v) is 20.4. The number of methoxy groups -OCH3 is 1. The molecule has 4 amide bonds. The van der Waals surface area contributed by atoms with E-state index in [-0.39, 0.29) is 12.2 Å². The SMILES string of the molecule is COc1cc(/C=C2\C(=O)NC(=O)N(c3ccc(C)cc3)C2=O)cc(Br)c1OCc1ccccc1F. The van der Waals surface area contributed by atoms with E-state index in [1.54, 1.807) is 54.6 Å². The van der Waals surface area contributed by atoms with Gasteiger partial charge in [-0.1, -0.05) is 35.9 Å². The number of amides is 4. The molecular formula is C26H20BrFN2O5. The van der Waals surface area contributed by atoms with Crippen LogP contribution in [0.3, 0.4) is 0 Å². The third kappa shape index (κ3) is 5.09. The highest BCUT2D eigenvalue weighted by Gasteiger charge is 2.36. The molecule has 35 heavy (non-hydrogen) atoms. The van der Waals surface area contributed by atoms with Gasteiger partial charge >= 0.3 is 6.03 Å². The molecule has 178 valence electrons. The van der Waals surface area contributed by atoms with Crippen LogP contribution in [0.15, 0.2) is 70.7 Å². The molecule has 4 rings (SSSR count). The van der Waals surface area contributed by atoms with E-state index >= 15 is 0 Å². The van der Waals surface area contributed by atoms with Gasteiger partial charge in [-0.3, -0.25) is 14.9 Å². The molecule has 1 N–H and O–H groups in total. The maximum atomic E-state index is 13.9. The first-order valence-corrected chi connectivity index (χ1v) is 11.3. The van der Waals surface area contributed by atoms with Gasteiger partial charge < -0.3 is 9.47 Å². The van der Waals surface area contributed by atoms with Gasteiger partial charge in [-0.25, -0.2) is 14.1 Å². The van der Waals surface area contributed by atoms with Gasteiger partial charge in [0.05, 0.1) is 17.3 Å². The number of imide groups is 2. The van der Waals surface area contributed by atoms with Crippen LogP contribution in [0, 0.1) is 12.7 Å². The van der Waals surface area contributed by atoms with Gasteiger partial charge in [0.1, 0.15) is 18.0 Å². The number of benzene rings is 3. The number of nitrogens with one attached hydrogen (secondary N) is 1. The van der Waals surface area contributed by atoms with Crippen LogP contribution in [0.1, 0.15) is 16.7 Å². The highest BCUT2D eigenvalue weighted by Crippen LogP contribution is 2.38. The quantitative estimate of drug-likeness (QED) is 0.346. The smallest absolute Gasteiger partial charge is 0.335 e. The lowest BCUT2D eigenvalue weighted by Crippen LogP contribution is -2.54. The number of barbiturate groups is 1. The molecule has 1 fully saturated rings. The summed E-state index contributed by atoms with van der Waals surface area (Å²) in [5.74, 6) is -1.32. The zero-order chi connectivity index (χ0) is 25.1. The minimum atomic E-state index is -0.823. The van der Waals surface area contributed by atoms with Crippen molar-refractivity contribution in [2.45, 2.75) is 13.5 Å². The topological polar surface area (TPSA) is 84.9 Å². The summed E-state index contributed by atoms with van der Waals surface area (Å²) in [6.45, 7) is 1.85. The maximum Gasteiger partial charge on any atom is 0.335 e. The Morgan fingerprint density at radius 3 is 2.46 bits per heavy atom. The van der Waals surface area contributed by atoms with Crippen molar-refractivity contribution in [2.75, 3.05) is 12.0 Å². The van der Waals surface area contributed by atoms with E-state index in [1.807, 2.05) is 6.92 Å². The third-order valence-corrected chi connectivity index (χ3v) is 5.88. The lowest BCUT2D eigenvalue weighted by molar-refractivity contribution is -0.122. The van der Waals surface area contributed by atoms with Crippen molar-refractivity contribution in [3.63, 3.8) is 0 Å². The van der Waals surface area contributed by atoms with Gasteiger partial charge in [0.25, 0.3) is 11.8 Å². The summed E-state index contributed by atoms with van der Waals surface area (Å²) in [5.41, 5.74) is 1.90. The van der Waals surface area contributed by atoms with Crippen LogP contribution >= 0.6 is 15.9 Å². The molecular weight excluding hydrogens is 519 g/mol. The fraction of sp³-hybridized carbons (Fsp3) is 0.115. The van der Waals surface area contributed by atoms with Crippen molar-refractivity contribution >= 4 is 45.5 Å². The van der Waals surface area contributed by atoms with Crippen LogP contribution in [0.2, 0.25) is 0 Å². The van der Waals surface area contributed by atoms with E-state index < -0.39 is 23.7 Å². The highest BCUT2D eigenvalue weighted by molar-refractivity contribution is 9.10. The van der Waals surface area contributed by atoms with E-state index in [4.69, 9.17) is 9.47 Å². The zero-order valence-electron chi connectivity index (χ0n) is 18.8. The second kappa shape index (κ2) is 10.1. The third-order valence-electron chi connectivity index (χ3n) is 5.29. The van der Waals surface area contributed by atoms with Gasteiger partial charge in [-0.2, -0.15) is 0 Å². The van der Waals surface area contributed by atoms with Crippen molar-refractivity contribution in [1.29, 1.82) is 0 Å². The average molecular weight is 539 g/mol. The highest BCUT2D eigenvalue weighted by atomic mass is 79.9. The number of urea groups is 1. The first kappa shape index (κ1) is 24.2. The monoisotopic (exact) mass is 538 g/mol. The van der Waals surface area contributed by atoms with Gasteiger partial charge in [-0.05, 0) is 64.8 Å². The van der Waals surface area contributed by atoms with Gasteiger partial charge in [0.2, 0.25) is 0 Å². The van der Waals surface area contributed by atoms with Crippen LogP contribution in [-0.4, -0.2) is 25.0 Å².